The average Bonchev–Trinajstić information content (AvgIpc) is 2.55. The Morgan fingerprint density at radius 2 is 1.00 bits per heavy atom. The lowest BCUT2D eigenvalue weighted by atomic mass is 10.2. The summed E-state index contributed by atoms with van der Waals surface area (Å²) < 4.78 is 124. The minimum atomic E-state index is -6.07. The van der Waals surface area contributed by atoms with Crippen LogP contribution in [-0.4, -0.2) is 34.4 Å². The number of carbonyl (C=O) groups excluding carboxylic acids is 2. The van der Waals surface area contributed by atoms with Crippen molar-refractivity contribution >= 4 is 33.8 Å². The van der Waals surface area contributed by atoms with Crippen LogP contribution in [0.15, 0.2) is 24.3 Å². The van der Waals surface area contributed by atoms with Crippen molar-refractivity contribution in [2.45, 2.75) is 35.7 Å². The van der Waals surface area contributed by atoms with E-state index in [0.717, 1.165) is 6.07 Å². The van der Waals surface area contributed by atoms with Gasteiger partial charge in [-0.05, 0) is 11.1 Å². The van der Waals surface area contributed by atoms with Crippen LogP contribution in [0.3, 0.4) is 0 Å². The summed E-state index contributed by atoms with van der Waals surface area (Å²) >= 11 is -0.695. The maximum atomic E-state index is 12.8. The molecular weight excluding hydrogens is 454 g/mol. The number of halogens is 10. The van der Waals surface area contributed by atoms with E-state index in [1.165, 1.54) is 18.2 Å². The summed E-state index contributed by atoms with van der Waals surface area (Å²) in [6.45, 7) is 0. The first-order valence-corrected chi connectivity index (χ1v) is 8.78. The van der Waals surface area contributed by atoms with Gasteiger partial charge in [-0.2, -0.15) is 43.9 Å². The van der Waals surface area contributed by atoms with Crippen molar-refractivity contribution < 1.29 is 53.5 Å². The second-order valence-corrected chi connectivity index (χ2v) is 7.01. The molecule has 0 N–H and O–H groups in total. The van der Waals surface area contributed by atoms with Gasteiger partial charge in [-0.15, -0.1) is 0 Å². The fourth-order valence-corrected chi connectivity index (χ4v) is 3.07. The third-order valence-electron chi connectivity index (χ3n) is 2.96. The van der Waals surface area contributed by atoms with E-state index in [0.29, 0.717) is 0 Å². The highest BCUT2D eigenvalue weighted by atomic mass is 32.2. The van der Waals surface area contributed by atoms with Gasteiger partial charge in [0.25, 0.3) is 10.2 Å². The maximum absolute atomic E-state index is 12.8. The number of alkyl halides is 10. The molecule has 0 unspecified atom stereocenters. The second-order valence-electron chi connectivity index (χ2n) is 5.12. The van der Waals surface area contributed by atoms with Gasteiger partial charge >= 0.3 is 24.2 Å². The van der Waals surface area contributed by atoms with Crippen molar-refractivity contribution in [2.24, 2.45) is 0 Å². The average molecular weight is 462 g/mol. The third-order valence-corrected chi connectivity index (χ3v) is 4.95. The molecule has 14 heteroatoms. The lowest BCUT2D eigenvalue weighted by Gasteiger charge is -2.17. The molecule has 0 atom stereocenters. The molecule has 0 aromatic heterocycles. The predicted molar refractivity (Wildman–Crippen MR) is 81.1 cm³/mol. The van der Waals surface area contributed by atoms with Gasteiger partial charge in [-0.25, -0.2) is 0 Å². The lowest BCUT2D eigenvalue weighted by Crippen LogP contribution is -2.42. The molecule has 0 spiro atoms. The highest BCUT2D eigenvalue weighted by molar-refractivity contribution is 8.13. The summed E-state index contributed by atoms with van der Waals surface area (Å²) in [7, 11) is 0. The van der Waals surface area contributed by atoms with Crippen LogP contribution in [0.4, 0.5) is 43.9 Å². The molecule has 0 bridgehead atoms. The molecule has 1 aromatic carbocycles. The minimum Gasteiger partial charge on any atom is -0.280 e. The van der Waals surface area contributed by atoms with E-state index >= 15 is 0 Å². The van der Waals surface area contributed by atoms with Gasteiger partial charge in [0, 0.05) is 11.5 Å². The van der Waals surface area contributed by atoms with Crippen LogP contribution in [0.2, 0.25) is 0 Å². The summed E-state index contributed by atoms with van der Waals surface area (Å²) in [6.07, 6.45) is -12.1. The van der Waals surface area contributed by atoms with Crippen LogP contribution in [0.25, 0.3) is 0 Å². The van der Waals surface area contributed by atoms with E-state index in [2.05, 4.69) is 0 Å². The Labute approximate surface area is 159 Å². The highest BCUT2D eigenvalue weighted by Gasteiger charge is 2.63. The molecule has 0 fully saturated rings. The van der Waals surface area contributed by atoms with E-state index in [4.69, 9.17) is 0 Å². The molecular formula is C14H8F10O2S2. The van der Waals surface area contributed by atoms with E-state index in [-0.39, 0.29) is 34.7 Å². The Morgan fingerprint density at radius 3 is 1.29 bits per heavy atom. The second kappa shape index (κ2) is 8.51. The number of hydrogen-bond acceptors (Lipinski definition) is 4. The fourth-order valence-electron chi connectivity index (χ4n) is 1.52. The Hall–Kier alpha value is -1.44. The van der Waals surface area contributed by atoms with Crippen LogP contribution < -0.4 is 0 Å². The molecule has 0 aliphatic rings. The lowest BCUT2D eigenvalue weighted by molar-refractivity contribution is -0.264. The highest BCUT2D eigenvalue weighted by Crippen LogP contribution is 2.40. The molecule has 0 amide bonds. The number of hydrogen-bond donors (Lipinski definition) is 0. The first kappa shape index (κ1) is 24.6. The van der Waals surface area contributed by atoms with E-state index in [1.54, 1.807) is 0 Å². The van der Waals surface area contributed by atoms with Crippen LogP contribution in [0.1, 0.15) is 11.1 Å². The fraction of sp³-hybridized carbons (Fsp3) is 0.429. The molecule has 158 valence electrons. The van der Waals surface area contributed by atoms with Gasteiger partial charge in [0.15, 0.2) is 0 Å². The van der Waals surface area contributed by atoms with Crippen molar-refractivity contribution in [3.05, 3.63) is 35.4 Å². The smallest absolute Gasteiger partial charge is 0.280 e. The van der Waals surface area contributed by atoms with Crippen molar-refractivity contribution in [1.29, 1.82) is 0 Å². The first-order valence-electron chi connectivity index (χ1n) is 6.81. The number of benzene rings is 1. The Kier molecular flexibility index (Phi) is 7.48. The van der Waals surface area contributed by atoms with E-state index in [1.807, 2.05) is 0 Å². The molecule has 28 heavy (non-hydrogen) atoms. The SMILES string of the molecule is O=C(SCc1cccc(CSC(=O)C(F)(F)C(F)(F)F)c1)C(F)(F)C(F)(F)F. The summed E-state index contributed by atoms with van der Waals surface area (Å²) in [5.41, 5.74) is 0.0360. The summed E-state index contributed by atoms with van der Waals surface area (Å²) in [5, 5.41) is -4.92. The van der Waals surface area contributed by atoms with Gasteiger partial charge in [0.05, 0.1) is 0 Å². The summed E-state index contributed by atoms with van der Waals surface area (Å²) in [4.78, 5) is 22.1. The molecule has 1 rings (SSSR count). The topological polar surface area (TPSA) is 34.1 Å². The third kappa shape index (κ3) is 5.78. The Morgan fingerprint density at radius 1 is 0.679 bits per heavy atom. The van der Waals surface area contributed by atoms with Crippen molar-refractivity contribution in [1.82, 2.24) is 0 Å². The van der Waals surface area contributed by atoms with E-state index in [9.17, 15) is 53.5 Å². The first-order chi connectivity index (χ1) is 12.5. The Bertz CT molecular complexity index is 670. The minimum absolute atomic E-state index is 0.0180. The summed E-state index contributed by atoms with van der Waals surface area (Å²) in [6, 6.07) is 4.67. The van der Waals surface area contributed by atoms with Crippen molar-refractivity contribution in [3.63, 3.8) is 0 Å². The number of rotatable bonds is 6. The van der Waals surface area contributed by atoms with Crippen LogP contribution >= 0.6 is 23.5 Å². The van der Waals surface area contributed by atoms with Gasteiger partial charge in [0.1, 0.15) is 0 Å². The molecule has 0 heterocycles. The van der Waals surface area contributed by atoms with Gasteiger partial charge < -0.3 is 0 Å². The molecule has 0 saturated carbocycles. The monoisotopic (exact) mass is 462 g/mol. The van der Waals surface area contributed by atoms with Crippen molar-refractivity contribution in [2.75, 3.05) is 0 Å². The largest absolute Gasteiger partial charge is 0.462 e. The molecule has 0 aliphatic carbocycles. The molecule has 0 radical (unpaired) electrons. The predicted octanol–water partition coefficient (Wildman–Crippen LogP) is 5.60. The molecule has 0 saturated heterocycles. The maximum Gasteiger partial charge on any atom is 0.462 e. The number of carbonyl (C=O) groups is 2. The van der Waals surface area contributed by atoms with E-state index < -0.39 is 45.9 Å². The zero-order valence-corrected chi connectivity index (χ0v) is 14.8. The van der Waals surface area contributed by atoms with Gasteiger partial charge in [-0.1, -0.05) is 47.8 Å². The number of thioether (sulfide) groups is 2. The zero-order chi connectivity index (χ0) is 22.0. The zero-order valence-electron chi connectivity index (χ0n) is 13.1. The normalized spacial score (nSPS) is 13.5. The molecule has 1 aromatic rings. The van der Waals surface area contributed by atoms with Crippen LogP contribution in [0, 0.1) is 0 Å². The molecule has 0 aliphatic heterocycles. The van der Waals surface area contributed by atoms with Crippen LogP contribution in [0.5, 0.6) is 0 Å². The quantitative estimate of drug-likeness (QED) is 0.516. The Balaban J connectivity index is 2.73. The summed E-state index contributed by atoms with van der Waals surface area (Å²) in [5.74, 6) is -12.4. The standard InChI is InChI=1S/C14H8F10O2S2/c15-11(16,13(19,20)21)9(25)27-5-7-2-1-3-8(4-7)6-28-10(26)12(17,18)14(22,23)24/h1-4H,5-6H2. The van der Waals surface area contributed by atoms with Crippen LogP contribution in [-0.2, 0) is 21.1 Å². The van der Waals surface area contributed by atoms with Gasteiger partial charge in [-0.3, -0.25) is 9.59 Å². The van der Waals surface area contributed by atoms with Crippen molar-refractivity contribution in [3.8, 4) is 0 Å². The molecule has 2 nitrogen and oxygen atoms in total. The van der Waals surface area contributed by atoms with Gasteiger partial charge in [0.2, 0.25) is 0 Å².